The molecule has 4 nitrogen and oxygen atoms in total. The molecular formula is C16H16F2O4S. The zero-order chi connectivity index (χ0) is 17.0. The lowest BCUT2D eigenvalue weighted by Crippen LogP contribution is -2.11. The van der Waals surface area contributed by atoms with E-state index in [0.29, 0.717) is 5.75 Å². The van der Waals surface area contributed by atoms with Gasteiger partial charge in [0.15, 0.2) is 33.0 Å². The zero-order valence-electron chi connectivity index (χ0n) is 12.7. The molecule has 0 aromatic heterocycles. The number of benzene rings is 2. The Morgan fingerprint density at radius 3 is 2.35 bits per heavy atom. The van der Waals surface area contributed by atoms with Crippen molar-refractivity contribution in [1.29, 1.82) is 0 Å². The van der Waals surface area contributed by atoms with Crippen LogP contribution in [-0.4, -0.2) is 28.4 Å². The van der Waals surface area contributed by atoms with Crippen molar-refractivity contribution in [1.82, 2.24) is 0 Å². The lowest BCUT2D eigenvalue weighted by atomic mass is 10.1. The Bertz CT molecular complexity index is 804. The van der Waals surface area contributed by atoms with E-state index in [1.165, 1.54) is 44.6 Å². The number of ether oxygens (including phenoxy) is 2. The summed E-state index contributed by atoms with van der Waals surface area (Å²) in [7, 11) is -0.828. The molecule has 2 aromatic carbocycles. The van der Waals surface area contributed by atoms with Gasteiger partial charge in [0.25, 0.3) is 0 Å². The predicted octanol–water partition coefficient (Wildman–Crippen LogP) is 3.00. The molecule has 0 N–H and O–H groups in total. The van der Waals surface area contributed by atoms with Crippen molar-refractivity contribution >= 4 is 9.84 Å². The fourth-order valence-corrected chi connectivity index (χ4v) is 3.40. The Balaban J connectivity index is 2.24. The fourth-order valence-electron chi connectivity index (χ4n) is 2.11. The van der Waals surface area contributed by atoms with E-state index in [1.54, 1.807) is 0 Å². The first-order chi connectivity index (χ1) is 10.9. The quantitative estimate of drug-likeness (QED) is 0.810. The molecule has 2 rings (SSSR count). The maximum atomic E-state index is 13.6. The Hall–Kier alpha value is -2.15. The highest BCUT2D eigenvalue weighted by atomic mass is 32.2. The van der Waals surface area contributed by atoms with E-state index < -0.39 is 21.5 Å². The van der Waals surface area contributed by atoms with Crippen LogP contribution in [0.5, 0.6) is 11.5 Å². The van der Waals surface area contributed by atoms with Crippen molar-refractivity contribution in [2.75, 3.05) is 20.0 Å². The molecule has 0 unspecified atom stereocenters. The van der Waals surface area contributed by atoms with Gasteiger partial charge < -0.3 is 9.47 Å². The third-order valence-corrected chi connectivity index (χ3v) is 5.10. The van der Waals surface area contributed by atoms with Gasteiger partial charge >= 0.3 is 0 Å². The summed E-state index contributed by atoms with van der Waals surface area (Å²) in [5.41, 5.74) is 0.0223. The molecule has 0 atom stereocenters. The van der Waals surface area contributed by atoms with Crippen molar-refractivity contribution in [3.8, 4) is 11.5 Å². The standard InChI is InChI=1S/C16H16F2O4S/c1-21-14-7-6-12(10-15(14)22-2)23(19,20)9-8-11-4-3-5-13(17)16(11)18/h3-7,10H,8-9H2,1-2H3. The first-order valence-corrected chi connectivity index (χ1v) is 8.42. The second-order valence-corrected chi connectivity index (χ2v) is 6.91. The average molecular weight is 342 g/mol. The highest BCUT2D eigenvalue weighted by Crippen LogP contribution is 2.30. The summed E-state index contributed by atoms with van der Waals surface area (Å²) in [4.78, 5) is 0.0342. The van der Waals surface area contributed by atoms with Gasteiger partial charge in [-0.3, -0.25) is 0 Å². The molecule has 0 spiro atoms. The van der Waals surface area contributed by atoms with E-state index in [2.05, 4.69) is 0 Å². The Labute approximate surface area is 133 Å². The molecule has 0 amide bonds. The van der Waals surface area contributed by atoms with Crippen molar-refractivity contribution in [2.45, 2.75) is 11.3 Å². The Morgan fingerprint density at radius 2 is 1.70 bits per heavy atom. The molecule has 0 radical (unpaired) electrons. The van der Waals surface area contributed by atoms with Crippen molar-refractivity contribution in [2.24, 2.45) is 0 Å². The van der Waals surface area contributed by atoms with Gasteiger partial charge in [0, 0.05) is 6.07 Å². The molecule has 0 aliphatic heterocycles. The van der Waals surface area contributed by atoms with Gasteiger partial charge in [-0.2, -0.15) is 0 Å². The molecule has 124 valence electrons. The Kier molecular flexibility index (Phi) is 5.20. The van der Waals surface area contributed by atoms with Crippen LogP contribution in [0.1, 0.15) is 5.56 Å². The highest BCUT2D eigenvalue weighted by molar-refractivity contribution is 7.91. The molecular weight excluding hydrogens is 326 g/mol. The van der Waals surface area contributed by atoms with Crippen molar-refractivity contribution in [3.05, 3.63) is 53.6 Å². The molecule has 7 heteroatoms. The lowest BCUT2D eigenvalue weighted by molar-refractivity contribution is 0.354. The van der Waals surface area contributed by atoms with Gasteiger partial charge in [0.2, 0.25) is 0 Å². The number of halogens is 2. The first kappa shape index (κ1) is 17.2. The molecule has 23 heavy (non-hydrogen) atoms. The summed E-state index contributed by atoms with van der Waals surface area (Å²) in [5, 5.41) is 0. The van der Waals surface area contributed by atoms with Gasteiger partial charge in [-0.05, 0) is 30.2 Å². The van der Waals surface area contributed by atoms with E-state index in [0.717, 1.165) is 6.07 Å². The summed E-state index contributed by atoms with van der Waals surface area (Å²) < 4.78 is 61.6. The number of hydrogen-bond donors (Lipinski definition) is 0. The largest absolute Gasteiger partial charge is 0.493 e. The van der Waals surface area contributed by atoms with Gasteiger partial charge in [-0.15, -0.1) is 0 Å². The van der Waals surface area contributed by atoms with Crippen LogP contribution < -0.4 is 9.47 Å². The summed E-state index contributed by atoms with van der Waals surface area (Å²) >= 11 is 0. The number of rotatable bonds is 6. The number of methoxy groups -OCH3 is 2. The molecule has 2 aromatic rings. The van der Waals surface area contributed by atoms with Gasteiger partial charge in [-0.1, -0.05) is 12.1 Å². The third kappa shape index (κ3) is 3.79. The van der Waals surface area contributed by atoms with E-state index >= 15 is 0 Å². The van der Waals surface area contributed by atoms with Crippen LogP contribution in [0.4, 0.5) is 8.78 Å². The minimum atomic E-state index is -3.67. The minimum Gasteiger partial charge on any atom is -0.493 e. The van der Waals surface area contributed by atoms with E-state index in [-0.39, 0.29) is 28.4 Å². The summed E-state index contributed by atoms with van der Waals surface area (Å²) in [6, 6.07) is 7.91. The number of hydrogen-bond acceptors (Lipinski definition) is 4. The summed E-state index contributed by atoms with van der Waals surface area (Å²) in [6.07, 6.45) is -0.125. The van der Waals surface area contributed by atoms with E-state index in [9.17, 15) is 17.2 Å². The van der Waals surface area contributed by atoms with Crippen LogP contribution in [0.2, 0.25) is 0 Å². The minimum absolute atomic E-state index is 0.0223. The normalized spacial score (nSPS) is 11.3. The predicted molar refractivity (Wildman–Crippen MR) is 81.7 cm³/mol. The van der Waals surface area contributed by atoms with Crippen molar-refractivity contribution in [3.63, 3.8) is 0 Å². The third-order valence-electron chi connectivity index (χ3n) is 3.39. The molecule has 0 saturated carbocycles. The maximum Gasteiger partial charge on any atom is 0.178 e. The number of aryl methyl sites for hydroxylation is 1. The molecule has 0 heterocycles. The highest BCUT2D eigenvalue weighted by Gasteiger charge is 2.19. The smallest absolute Gasteiger partial charge is 0.178 e. The molecule has 0 saturated heterocycles. The molecule has 0 fully saturated rings. The average Bonchev–Trinajstić information content (AvgIpc) is 2.55. The van der Waals surface area contributed by atoms with Gasteiger partial charge in [0.1, 0.15) is 0 Å². The molecule has 0 bridgehead atoms. The van der Waals surface area contributed by atoms with E-state index in [1.807, 2.05) is 0 Å². The van der Waals surface area contributed by atoms with Gasteiger partial charge in [0.05, 0.1) is 24.9 Å². The van der Waals surface area contributed by atoms with Crippen molar-refractivity contribution < 1.29 is 26.7 Å². The zero-order valence-corrected chi connectivity index (χ0v) is 13.5. The van der Waals surface area contributed by atoms with Crippen LogP contribution >= 0.6 is 0 Å². The van der Waals surface area contributed by atoms with Crippen LogP contribution in [0, 0.1) is 11.6 Å². The maximum absolute atomic E-state index is 13.6. The summed E-state index contributed by atoms with van der Waals surface area (Å²) in [6.45, 7) is 0. The second kappa shape index (κ2) is 6.95. The van der Waals surface area contributed by atoms with Crippen LogP contribution in [-0.2, 0) is 16.3 Å². The topological polar surface area (TPSA) is 52.6 Å². The second-order valence-electron chi connectivity index (χ2n) is 4.80. The summed E-state index contributed by atoms with van der Waals surface area (Å²) in [5.74, 6) is -1.67. The number of sulfone groups is 1. The van der Waals surface area contributed by atoms with E-state index in [4.69, 9.17) is 9.47 Å². The van der Waals surface area contributed by atoms with Crippen LogP contribution in [0.25, 0.3) is 0 Å². The molecule has 0 aliphatic carbocycles. The molecule has 0 aliphatic rings. The lowest BCUT2D eigenvalue weighted by Gasteiger charge is -2.10. The van der Waals surface area contributed by atoms with Gasteiger partial charge in [-0.25, -0.2) is 17.2 Å². The van der Waals surface area contributed by atoms with Crippen LogP contribution in [0.3, 0.4) is 0 Å². The monoisotopic (exact) mass is 342 g/mol. The van der Waals surface area contributed by atoms with Crippen LogP contribution in [0.15, 0.2) is 41.3 Å². The Morgan fingerprint density at radius 1 is 1.00 bits per heavy atom. The first-order valence-electron chi connectivity index (χ1n) is 6.76. The fraction of sp³-hybridized carbons (Fsp3) is 0.250. The SMILES string of the molecule is COc1ccc(S(=O)(=O)CCc2cccc(F)c2F)cc1OC.